The number of ether oxygens (including phenoxy) is 1. The number of likely N-dealkylation sites (tertiary alicyclic amines) is 1. The maximum Gasteiger partial charge on any atom is 0.329 e. The molecule has 3 aliphatic rings. The number of pyridine rings is 1. The normalized spacial score (nSPS) is 17.5. The van der Waals surface area contributed by atoms with Crippen molar-refractivity contribution >= 4 is 86.6 Å². The van der Waals surface area contributed by atoms with Crippen molar-refractivity contribution in [3.8, 4) is 5.75 Å². The van der Waals surface area contributed by atoms with Crippen LogP contribution < -0.4 is 36.6 Å². The summed E-state index contributed by atoms with van der Waals surface area (Å²) < 4.78 is 22.7. The molecular weight excluding hydrogens is 839 g/mol. The highest BCUT2D eigenvalue weighted by Gasteiger charge is 2.51. The van der Waals surface area contributed by atoms with Crippen LogP contribution in [0.4, 0.5) is 28.8 Å². The Bertz CT molecular complexity index is 2930. The van der Waals surface area contributed by atoms with Crippen molar-refractivity contribution in [2.45, 2.75) is 52.0 Å². The average molecular weight is 891 g/mol. The first-order valence-electron chi connectivity index (χ1n) is 21.4. The second kappa shape index (κ2) is 16.4. The number of benzene rings is 3. The van der Waals surface area contributed by atoms with Crippen LogP contribution in [-0.4, -0.2) is 94.0 Å². The highest BCUT2D eigenvalue weighted by Crippen LogP contribution is 2.46. The number of aromatic nitrogens is 5. The second-order valence-electron chi connectivity index (χ2n) is 17.6. The first-order valence-corrected chi connectivity index (χ1v) is 24.4. The maximum atomic E-state index is 13.7. The van der Waals surface area contributed by atoms with Gasteiger partial charge in [-0.25, -0.2) is 9.78 Å². The molecule has 3 aromatic carbocycles. The number of piperidine rings is 1. The van der Waals surface area contributed by atoms with Crippen LogP contribution in [0, 0.1) is 12.3 Å². The van der Waals surface area contributed by atoms with Gasteiger partial charge in [0.15, 0.2) is 5.82 Å². The molecule has 0 bridgehead atoms. The van der Waals surface area contributed by atoms with Crippen molar-refractivity contribution < 1.29 is 18.9 Å². The highest BCUT2D eigenvalue weighted by atomic mass is 35.5. The lowest BCUT2D eigenvalue weighted by atomic mass is 9.72. The monoisotopic (exact) mass is 890 g/mol. The van der Waals surface area contributed by atoms with E-state index in [1.165, 1.54) is 6.20 Å². The number of para-hydroxylation sites is 1. The molecule has 17 heteroatoms. The van der Waals surface area contributed by atoms with Gasteiger partial charge in [-0.15, -0.1) is 0 Å². The molecular formula is C46H52ClN10O5P. The topological polar surface area (TPSA) is 169 Å². The number of imide groups is 1. The molecule has 3 saturated heterocycles. The fraction of sp³-hybridized carbons (Fsp3) is 0.391. The minimum absolute atomic E-state index is 0.214. The first kappa shape index (κ1) is 42.5. The Kier molecular flexibility index (Phi) is 11.1. The predicted octanol–water partition coefficient (Wildman–Crippen LogP) is 6.68. The van der Waals surface area contributed by atoms with Gasteiger partial charge in [0, 0.05) is 73.2 Å². The summed E-state index contributed by atoms with van der Waals surface area (Å²) in [5.41, 5.74) is 8.00. The number of hydrogen-bond acceptors (Lipinski definition) is 12. The number of anilines is 5. The molecule has 328 valence electrons. The molecule has 63 heavy (non-hydrogen) atoms. The molecule has 6 heterocycles. The number of fused-ring (bicyclic) bond motifs is 2. The molecule has 0 radical (unpaired) electrons. The maximum absolute atomic E-state index is 13.7. The number of methoxy groups -OCH3 is 1. The molecule has 3 fully saturated rings. The number of nitrogens with zero attached hydrogens (tertiary/aromatic N) is 7. The number of aryl methyl sites for hydroxylation is 4. The summed E-state index contributed by atoms with van der Waals surface area (Å²) in [5, 5.41) is 10.9. The average Bonchev–Trinajstić information content (AvgIpc) is 3.47. The number of imidazole rings is 1. The van der Waals surface area contributed by atoms with E-state index in [0.717, 1.165) is 102 Å². The third kappa shape index (κ3) is 7.95. The van der Waals surface area contributed by atoms with Gasteiger partial charge in [0.2, 0.25) is 17.8 Å². The number of rotatable bonds is 13. The number of hydrogen-bond donors (Lipinski definition) is 3. The van der Waals surface area contributed by atoms with E-state index in [9.17, 15) is 18.9 Å². The molecule has 1 spiro atoms. The fourth-order valence-corrected chi connectivity index (χ4v) is 11.4. The van der Waals surface area contributed by atoms with E-state index in [-0.39, 0.29) is 23.4 Å². The standard InChI is InChI=1S/C46H52ClN10O5P/c1-7-29-13-14-30-32(49-29)15-16-33(41(30)63(5,6)61)50-42-31(47)22-48-44(53-42)51-34-20-27(2)37(21-38(34)62-4)56-25-46(26-56)23-55(24-46)19-9-11-28-10-8-12-35-40(28)54(3)45(60)57(35)36-17-18-39(58)52-43(36)59/h8,10,12-16,20-22,36H,7,9,11,17-19,23-26H2,1-6H3,(H,52,58,59)(H2,48,50,51,53). The van der Waals surface area contributed by atoms with E-state index in [2.05, 4.69) is 62.8 Å². The van der Waals surface area contributed by atoms with E-state index < -0.39 is 19.1 Å². The van der Waals surface area contributed by atoms with Gasteiger partial charge in [-0.05, 0) is 93.9 Å². The molecule has 1 unspecified atom stereocenters. The molecule has 0 saturated carbocycles. The van der Waals surface area contributed by atoms with Crippen molar-refractivity contribution in [3.63, 3.8) is 0 Å². The molecule has 1 atom stereocenters. The third-order valence-corrected chi connectivity index (χ3v) is 14.5. The van der Waals surface area contributed by atoms with Crippen LogP contribution in [0.15, 0.2) is 65.6 Å². The fourth-order valence-electron chi connectivity index (χ4n) is 9.79. The Morgan fingerprint density at radius 2 is 1.79 bits per heavy atom. The number of amides is 2. The van der Waals surface area contributed by atoms with E-state index in [0.29, 0.717) is 40.0 Å². The van der Waals surface area contributed by atoms with Gasteiger partial charge in [0.1, 0.15) is 24.0 Å². The number of carbonyl (C=O) groups is 2. The van der Waals surface area contributed by atoms with Crippen LogP contribution in [0.2, 0.25) is 5.02 Å². The molecule has 15 nitrogen and oxygen atoms in total. The van der Waals surface area contributed by atoms with Gasteiger partial charge in [-0.2, -0.15) is 4.98 Å². The lowest BCUT2D eigenvalue weighted by Gasteiger charge is -2.61. The zero-order valence-electron chi connectivity index (χ0n) is 36.4. The number of halogens is 1. The van der Waals surface area contributed by atoms with E-state index in [4.69, 9.17) is 26.3 Å². The minimum Gasteiger partial charge on any atom is -0.494 e. The Labute approximate surface area is 370 Å². The van der Waals surface area contributed by atoms with Crippen molar-refractivity contribution in [2.75, 3.05) is 68.7 Å². The molecule has 6 aromatic rings. The Hall–Kier alpha value is -5.76. The van der Waals surface area contributed by atoms with Crippen LogP contribution >= 0.6 is 18.7 Å². The minimum atomic E-state index is -2.76. The Balaban J connectivity index is 0.827. The van der Waals surface area contributed by atoms with Gasteiger partial charge in [0.25, 0.3) is 0 Å². The molecule has 2 amide bonds. The van der Waals surface area contributed by atoms with Gasteiger partial charge in [-0.3, -0.25) is 29.0 Å². The SMILES string of the molecule is CCc1ccc2c(P(C)(C)=O)c(Nc3nc(Nc4cc(C)c(N5CC6(CN(CCCc7cccc8c7n(C)c(=O)n8C7CCC(=O)NC7=O)C6)C5)cc4OC)ncc3Cl)ccc2n1. The Morgan fingerprint density at radius 3 is 2.52 bits per heavy atom. The van der Waals surface area contributed by atoms with Crippen molar-refractivity contribution in [3.05, 3.63) is 93.1 Å². The molecule has 0 aliphatic carbocycles. The number of nitrogens with one attached hydrogen (secondary N) is 3. The summed E-state index contributed by atoms with van der Waals surface area (Å²) in [6.07, 6.45) is 4.62. The van der Waals surface area contributed by atoms with Gasteiger partial charge >= 0.3 is 5.69 Å². The first-order chi connectivity index (χ1) is 30.1. The Morgan fingerprint density at radius 1 is 1.00 bits per heavy atom. The van der Waals surface area contributed by atoms with Crippen LogP contribution in [-0.2, 0) is 34.0 Å². The highest BCUT2D eigenvalue weighted by molar-refractivity contribution is 7.71. The number of carbonyl (C=O) groups excluding carboxylic acids is 2. The van der Waals surface area contributed by atoms with Gasteiger partial charge < -0.3 is 29.7 Å². The molecule has 3 N–H and O–H groups in total. The zero-order valence-corrected chi connectivity index (χ0v) is 38.1. The van der Waals surface area contributed by atoms with Crippen LogP contribution in [0.25, 0.3) is 21.9 Å². The quantitative estimate of drug-likeness (QED) is 0.0833. The summed E-state index contributed by atoms with van der Waals surface area (Å²) in [4.78, 5) is 56.7. The van der Waals surface area contributed by atoms with Gasteiger partial charge in [0.05, 0.1) is 41.2 Å². The van der Waals surface area contributed by atoms with E-state index in [1.807, 2.05) is 36.4 Å². The molecule has 3 aliphatic heterocycles. The van der Waals surface area contributed by atoms with Crippen LogP contribution in [0.3, 0.4) is 0 Å². The van der Waals surface area contributed by atoms with Crippen molar-refractivity contribution in [1.82, 2.24) is 34.3 Å². The smallest absolute Gasteiger partial charge is 0.329 e. The van der Waals surface area contributed by atoms with E-state index in [1.54, 1.807) is 36.6 Å². The second-order valence-corrected chi connectivity index (χ2v) is 21.2. The van der Waals surface area contributed by atoms with Gasteiger partial charge in [-0.1, -0.05) is 36.7 Å². The third-order valence-electron chi connectivity index (χ3n) is 12.7. The van der Waals surface area contributed by atoms with E-state index >= 15 is 0 Å². The lowest BCUT2D eigenvalue weighted by Crippen LogP contribution is -2.72. The summed E-state index contributed by atoms with van der Waals surface area (Å²) in [6.45, 7) is 12.6. The molecule has 9 rings (SSSR count). The largest absolute Gasteiger partial charge is 0.494 e. The van der Waals surface area contributed by atoms with Crippen molar-refractivity contribution in [1.29, 1.82) is 0 Å². The summed E-state index contributed by atoms with van der Waals surface area (Å²) in [6, 6.07) is 17.1. The summed E-state index contributed by atoms with van der Waals surface area (Å²) in [7, 11) is 0.641. The lowest BCUT2D eigenvalue weighted by molar-refractivity contribution is -0.135. The van der Waals surface area contributed by atoms with Crippen molar-refractivity contribution in [2.24, 2.45) is 12.5 Å². The van der Waals surface area contributed by atoms with Crippen LogP contribution in [0.5, 0.6) is 5.75 Å². The summed E-state index contributed by atoms with van der Waals surface area (Å²) >= 11 is 6.63. The summed E-state index contributed by atoms with van der Waals surface area (Å²) in [5.74, 6) is 0.635. The molecule has 3 aromatic heterocycles. The van der Waals surface area contributed by atoms with Crippen LogP contribution in [0.1, 0.15) is 49.0 Å². The zero-order chi connectivity index (χ0) is 44.4. The predicted molar refractivity (Wildman–Crippen MR) is 250 cm³/mol.